The molecular formula is C25H18O5. The Bertz CT molecular complexity index is 1180. The van der Waals surface area contributed by atoms with Gasteiger partial charge in [-0.05, 0) is 32.7 Å². The number of hydrogen-bond acceptors (Lipinski definition) is 3. The zero-order valence-corrected chi connectivity index (χ0v) is 15.9. The summed E-state index contributed by atoms with van der Waals surface area (Å²) >= 11 is 0. The fraction of sp³-hybridized carbons (Fsp3) is 0.0800. The first-order chi connectivity index (χ1) is 14.5. The standard InChI is InChI=1S/C25H18O5/c26-23(21(24(27)28)19-13-5-9-15-7-1-3-11-17(15)19)22(25(29)30)20-14-6-10-16-8-2-4-12-18(16)20/h1-14,21-22H,(H,27,28)(H,29,30). The molecule has 0 aliphatic heterocycles. The van der Waals surface area contributed by atoms with Crippen molar-refractivity contribution in [1.29, 1.82) is 0 Å². The van der Waals surface area contributed by atoms with Crippen LogP contribution in [0.4, 0.5) is 0 Å². The van der Waals surface area contributed by atoms with Crippen LogP contribution in [-0.4, -0.2) is 27.9 Å². The number of hydrogen-bond donors (Lipinski definition) is 2. The second-order valence-electron chi connectivity index (χ2n) is 7.08. The van der Waals surface area contributed by atoms with Crippen molar-refractivity contribution in [2.24, 2.45) is 0 Å². The van der Waals surface area contributed by atoms with E-state index < -0.39 is 29.6 Å². The number of benzene rings is 4. The van der Waals surface area contributed by atoms with Gasteiger partial charge in [0.1, 0.15) is 11.8 Å². The summed E-state index contributed by atoms with van der Waals surface area (Å²) in [6.07, 6.45) is 0. The molecule has 0 bridgehead atoms. The van der Waals surface area contributed by atoms with Crippen molar-refractivity contribution < 1.29 is 24.6 Å². The van der Waals surface area contributed by atoms with E-state index >= 15 is 0 Å². The first-order valence-electron chi connectivity index (χ1n) is 9.43. The van der Waals surface area contributed by atoms with Gasteiger partial charge in [0.25, 0.3) is 0 Å². The van der Waals surface area contributed by atoms with Gasteiger partial charge in [0.05, 0.1) is 0 Å². The number of carboxylic acids is 2. The average Bonchev–Trinajstić information content (AvgIpc) is 2.74. The van der Waals surface area contributed by atoms with Gasteiger partial charge in [-0.25, -0.2) is 0 Å². The summed E-state index contributed by atoms with van der Waals surface area (Å²) in [5.41, 5.74) is 0.578. The molecule has 148 valence electrons. The maximum atomic E-state index is 13.5. The first-order valence-corrected chi connectivity index (χ1v) is 9.43. The van der Waals surface area contributed by atoms with E-state index in [-0.39, 0.29) is 11.1 Å². The third kappa shape index (κ3) is 3.31. The van der Waals surface area contributed by atoms with E-state index in [0.717, 1.165) is 10.8 Å². The van der Waals surface area contributed by atoms with Gasteiger partial charge in [-0.1, -0.05) is 84.9 Å². The van der Waals surface area contributed by atoms with Crippen LogP contribution in [0.25, 0.3) is 21.5 Å². The molecule has 4 rings (SSSR count). The lowest BCUT2D eigenvalue weighted by molar-refractivity contribution is -0.146. The Morgan fingerprint density at radius 3 is 1.30 bits per heavy atom. The molecular weight excluding hydrogens is 380 g/mol. The first kappa shape index (κ1) is 19.3. The number of carbonyl (C=O) groups is 3. The average molecular weight is 398 g/mol. The Kier molecular flexibility index (Phi) is 5.02. The number of Topliss-reactive ketones (excluding diaryl/α,β-unsaturated/α-hetero) is 1. The minimum absolute atomic E-state index is 0.289. The maximum absolute atomic E-state index is 13.5. The summed E-state index contributed by atoms with van der Waals surface area (Å²) in [6.45, 7) is 0. The van der Waals surface area contributed by atoms with Gasteiger partial charge < -0.3 is 10.2 Å². The predicted octanol–water partition coefficient (Wildman–Crippen LogP) is 4.60. The number of aliphatic carboxylic acids is 2. The van der Waals surface area contributed by atoms with Crippen LogP contribution >= 0.6 is 0 Å². The molecule has 2 N–H and O–H groups in total. The lowest BCUT2D eigenvalue weighted by atomic mass is 9.81. The van der Waals surface area contributed by atoms with E-state index in [1.807, 2.05) is 36.4 Å². The molecule has 0 aliphatic rings. The summed E-state index contributed by atoms with van der Waals surface area (Å²) in [7, 11) is 0. The number of carboxylic acid groups (broad SMARTS) is 2. The lowest BCUT2D eigenvalue weighted by Crippen LogP contribution is -2.31. The molecule has 0 spiro atoms. The Balaban J connectivity index is 1.90. The van der Waals surface area contributed by atoms with E-state index in [4.69, 9.17) is 0 Å². The van der Waals surface area contributed by atoms with Gasteiger partial charge in [-0.2, -0.15) is 0 Å². The molecule has 0 radical (unpaired) electrons. The van der Waals surface area contributed by atoms with Gasteiger partial charge in [0, 0.05) is 0 Å². The molecule has 0 saturated heterocycles. The normalized spacial score (nSPS) is 13.1. The third-order valence-electron chi connectivity index (χ3n) is 5.33. The number of fused-ring (bicyclic) bond motifs is 2. The molecule has 0 aromatic heterocycles. The molecule has 2 atom stereocenters. The Labute approximate surface area is 172 Å². The highest BCUT2D eigenvalue weighted by Crippen LogP contribution is 2.34. The highest BCUT2D eigenvalue weighted by Gasteiger charge is 2.39. The van der Waals surface area contributed by atoms with E-state index in [1.54, 1.807) is 48.5 Å². The van der Waals surface area contributed by atoms with Crippen molar-refractivity contribution >= 4 is 39.3 Å². The highest BCUT2D eigenvalue weighted by molar-refractivity contribution is 6.17. The SMILES string of the molecule is O=C(O)C(C(=O)C(C(=O)O)c1cccc2ccccc12)c1cccc2ccccc12. The smallest absolute Gasteiger partial charge is 0.318 e. The van der Waals surface area contributed by atoms with E-state index in [1.165, 1.54) is 0 Å². The van der Waals surface area contributed by atoms with Crippen molar-refractivity contribution in [3.8, 4) is 0 Å². The summed E-state index contributed by atoms with van der Waals surface area (Å²) < 4.78 is 0. The number of carbonyl (C=O) groups excluding carboxylic acids is 1. The third-order valence-corrected chi connectivity index (χ3v) is 5.33. The van der Waals surface area contributed by atoms with Gasteiger partial charge in [0.2, 0.25) is 0 Å². The van der Waals surface area contributed by atoms with Gasteiger partial charge in [-0.3, -0.25) is 14.4 Å². The molecule has 0 fully saturated rings. The summed E-state index contributed by atoms with van der Waals surface area (Å²) in [5, 5.41) is 22.7. The second-order valence-corrected chi connectivity index (χ2v) is 7.08. The number of rotatable bonds is 6. The lowest BCUT2D eigenvalue weighted by Gasteiger charge is -2.20. The molecule has 30 heavy (non-hydrogen) atoms. The van der Waals surface area contributed by atoms with Gasteiger partial charge >= 0.3 is 11.9 Å². The van der Waals surface area contributed by atoms with Crippen LogP contribution in [0, 0.1) is 0 Å². The van der Waals surface area contributed by atoms with Crippen molar-refractivity contribution in [3.63, 3.8) is 0 Å². The minimum atomic E-state index is -1.60. The number of ketones is 1. The van der Waals surface area contributed by atoms with Crippen LogP contribution in [0.15, 0.2) is 84.9 Å². The fourth-order valence-electron chi connectivity index (χ4n) is 3.99. The zero-order chi connectivity index (χ0) is 21.3. The summed E-state index contributed by atoms with van der Waals surface area (Å²) in [4.78, 5) is 37.8. The summed E-state index contributed by atoms with van der Waals surface area (Å²) in [5.74, 6) is -6.82. The molecule has 4 aromatic rings. The zero-order valence-electron chi connectivity index (χ0n) is 15.9. The Hall–Kier alpha value is -3.99. The molecule has 5 nitrogen and oxygen atoms in total. The van der Waals surface area contributed by atoms with Gasteiger partial charge in [-0.15, -0.1) is 0 Å². The molecule has 0 saturated carbocycles. The van der Waals surface area contributed by atoms with E-state index in [9.17, 15) is 24.6 Å². The Morgan fingerprint density at radius 2 is 0.900 bits per heavy atom. The van der Waals surface area contributed by atoms with Crippen LogP contribution in [0.5, 0.6) is 0 Å². The van der Waals surface area contributed by atoms with Crippen LogP contribution in [-0.2, 0) is 14.4 Å². The monoisotopic (exact) mass is 398 g/mol. The van der Waals surface area contributed by atoms with E-state index in [2.05, 4.69) is 0 Å². The maximum Gasteiger partial charge on any atom is 0.318 e. The van der Waals surface area contributed by atoms with E-state index in [0.29, 0.717) is 10.8 Å². The van der Waals surface area contributed by atoms with Crippen molar-refractivity contribution in [2.75, 3.05) is 0 Å². The van der Waals surface area contributed by atoms with Crippen LogP contribution in [0.1, 0.15) is 23.0 Å². The fourth-order valence-corrected chi connectivity index (χ4v) is 3.99. The summed E-state index contributed by atoms with van der Waals surface area (Å²) in [6, 6.07) is 24.4. The second kappa shape index (κ2) is 7.79. The molecule has 0 aliphatic carbocycles. The van der Waals surface area contributed by atoms with Crippen LogP contribution < -0.4 is 0 Å². The van der Waals surface area contributed by atoms with Crippen molar-refractivity contribution in [3.05, 3.63) is 96.1 Å². The quantitative estimate of drug-likeness (QED) is 0.463. The van der Waals surface area contributed by atoms with Gasteiger partial charge in [0.15, 0.2) is 5.78 Å². The minimum Gasteiger partial charge on any atom is -0.480 e. The Morgan fingerprint density at radius 1 is 0.533 bits per heavy atom. The predicted molar refractivity (Wildman–Crippen MR) is 114 cm³/mol. The molecule has 0 amide bonds. The highest BCUT2D eigenvalue weighted by atomic mass is 16.4. The van der Waals surface area contributed by atoms with Crippen LogP contribution in [0.2, 0.25) is 0 Å². The van der Waals surface area contributed by atoms with Crippen molar-refractivity contribution in [1.82, 2.24) is 0 Å². The van der Waals surface area contributed by atoms with Crippen molar-refractivity contribution in [2.45, 2.75) is 11.8 Å². The van der Waals surface area contributed by atoms with Crippen LogP contribution in [0.3, 0.4) is 0 Å². The molecule has 4 aromatic carbocycles. The molecule has 0 heterocycles. The molecule has 5 heteroatoms. The molecule has 2 unspecified atom stereocenters. The topological polar surface area (TPSA) is 91.7 Å². The largest absolute Gasteiger partial charge is 0.480 e.